The highest BCUT2D eigenvalue weighted by atomic mass is 19.1. The zero-order chi connectivity index (χ0) is 26.4. The van der Waals surface area contributed by atoms with Crippen molar-refractivity contribution in [1.29, 1.82) is 0 Å². The molecule has 6 aromatic rings. The molecule has 0 saturated carbocycles. The molecule has 0 radical (unpaired) electrons. The molecule has 38 heavy (non-hydrogen) atoms. The Labute approximate surface area is 219 Å². The Balaban J connectivity index is 1.41. The number of benzene rings is 1. The molecule has 5 heterocycles. The summed E-state index contributed by atoms with van der Waals surface area (Å²) in [5.41, 5.74) is 7.68. The van der Waals surface area contributed by atoms with Gasteiger partial charge >= 0.3 is 0 Å². The average molecular weight is 509 g/mol. The Hall–Kier alpha value is -4.37. The Morgan fingerprint density at radius 3 is 2.66 bits per heavy atom. The highest BCUT2D eigenvalue weighted by molar-refractivity contribution is 6.00. The first-order valence-corrected chi connectivity index (χ1v) is 12.6. The number of nitrogens with zero attached hydrogens (tertiary/aromatic N) is 6. The maximum absolute atomic E-state index is 14.6. The predicted octanol–water partition coefficient (Wildman–Crippen LogP) is 5.51. The Kier molecular flexibility index (Phi) is 6.00. The summed E-state index contributed by atoms with van der Waals surface area (Å²) >= 11 is 0. The summed E-state index contributed by atoms with van der Waals surface area (Å²) in [5.74, 6) is 0.688. The topological polar surface area (TPSA) is 91.3 Å². The molecular weight excluding hydrogens is 479 g/mol. The van der Waals surface area contributed by atoms with Crippen LogP contribution in [-0.2, 0) is 13.5 Å². The summed E-state index contributed by atoms with van der Waals surface area (Å²) in [6, 6.07) is 11.3. The molecule has 6 rings (SSSR count). The molecule has 1 aromatic carbocycles. The number of fused-ring (bicyclic) bond motifs is 2. The molecule has 192 valence electrons. The summed E-state index contributed by atoms with van der Waals surface area (Å²) < 4.78 is 16.7. The minimum absolute atomic E-state index is 0.230. The van der Waals surface area contributed by atoms with E-state index in [9.17, 15) is 4.39 Å². The van der Waals surface area contributed by atoms with Crippen LogP contribution < -0.4 is 0 Å². The van der Waals surface area contributed by atoms with Crippen LogP contribution in [0.25, 0.3) is 55.8 Å². The fraction of sp³-hybridized carbons (Fsp3) is 0.241. The molecule has 0 aliphatic rings. The molecule has 0 atom stereocenters. The summed E-state index contributed by atoms with van der Waals surface area (Å²) in [5, 5.41) is 9.54. The highest BCUT2D eigenvalue weighted by Crippen LogP contribution is 2.34. The van der Waals surface area contributed by atoms with Crippen LogP contribution >= 0.6 is 0 Å². The smallest absolute Gasteiger partial charge is 0.138 e. The van der Waals surface area contributed by atoms with Crippen molar-refractivity contribution in [2.75, 3.05) is 20.6 Å². The van der Waals surface area contributed by atoms with E-state index in [4.69, 9.17) is 0 Å². The lowest BCUT2D eigenvalue weighted by Gasteiger charge is -2.10. The van der Waals surface area contributed by atoms with Gasteiger partial charge in [0, 0.05) is 24.0 Å². The lowest BCUT2D eigenvalue weighted by molar-refractivity contribution is 0.400. The number of hydrogen-bond acceptors (Lipinski definition) is 5. The molecule has 0 saturated heterocycles. The van der Waals surface area contributed by atoms with Crippen LogP contribution in [0, 0.1) is 12.7 Å². The Morgan fingerprint density at radius 1 is 1.00 bits per heavy atom. The van der Waals surface area contributed by atoms with E-state index in [2.05, 4.69) is 41.1 Å². The fourth-order valence-corrected chi connectivity index (χ4v) is 4.96. The molecule has 9 heteroatoms. The van der Waals surface area contributed by atoms with E-state index in [1.165, 1.54) is 0 Å². The van der Waals surface area contributed by atoms with E-state index in [1.807, 2.05) is 57.0 Å². The number of aryl methyl sites for hydroxylation is 2. The number of hydrogen-bond donors (Lipinski definition) is 2. The van der Waals surface area contributed by atoms with Crippen molar-refractivity contribution in [2.45, 2.75) is 19.8 Å². The van der Waals surface area contributed by atoms with Crippen molar-refractivity contribution in [3.8, 4) is 33.9 Å². The number of pyridine rings is 2. The van der Waals surface area contributed by atoms with Crippen molar-refractivity contribution in [3.63, 3.8) is 0 Å². The van der Waals surface area contributed by atoms with Crippen LogP contribution in [0.2, 0.25) is 0 Å². The standard InChI is InChI=1S/C29H29FN8/c1-17-32-16-27(38(17)4)24-14-23-26(15-33-24)35-36-28(23)25-13-22-21(7-8-31-29(22)34-25)19-10-18(11-20(30)12-19)6-5-9-37(2)3/h7-8,10-16H,5-6,9H2,1-4H3,(H,31,34)(H,35,36). The van der Waals surface area contributed by atoms with Crippen LogP contribution in [0.1, 0.15) is 17.8 Å². The third-order valence-corrected chi connectivity index (χ3v) is 7.06. The zero-order valence-electron chi connectivity index (χ0n) is 21.9. The number of imidazole rings is 1. The van der Waals surface area contributed by atoms with Gasteiger partial charge in [-0.1, -0.05) is 6.07 Å². The van der Waals surface area contributed by atoms with Crippen LogP contribution in [0.3, 0.4) is 0 Å². The van der Waals surface area contributed by atoms with Crippen molar-refractivity contribution in [1.82, 2.24) is 39.6 Å². The maximum Gasteiger partial charge on any atom is 0.138 e. The average Bonchev–Trinajstić information content (AvgIpc) is 3.59. The van der Waals surface area contributed by atoms with Crippen molar-refractivity contribution >= 4 is 21.9 Å². The number of aromatic nitrogens is 7. The van der Waals surface area contributed by atoms with Gasteiger partial charge in [0.05, 0.1) is 35.0 Å². The van der Waals surface area contributed by atoms with Crippen LogP contribution in [0.15, 0.2) is 55.0 Å². The molecular formula is C29H29FN8. The van der Waals surface area contributed by atoms with Crippen molar-refractivity contribution in [3.05, 3.63) is 72.2 Å². The van der Waals surface area contributed by atoms with Gasteiger partial charge in [-0.25, -0.2) is 14.4 Å². The van der Waals surface area contributed by atoms with E-state index in [1.54, 1.807) is 24.5 Å². The second-order valence-electron chi connectivity index (χ2n) is 10.00. The SMILES string of the molecule is Cc1ncc(-c2cc3c(-c4cc5c(-c6cc(F)cc(CCCN(C)C)c6)ccnc5[nH]4)n[nH]c3cn2)n1C. The molecule has 0 bridgehead atoms. The number of nitrogens with one attached hydrogen (secondary N) is 2. The van der Waals surface area contributed by atoms with Gasteiger partial charge in [0.1, 0.15) is 23.0 Å². The molecule has 2 N–H and O–H groups in total. The zero-order valence-corrected chi connectivity index (χ0v) is 21.9. The van der Waals surface area contributed by atoms with Gasteiger partial charge in [0.15, 0.2) is 0 Å². The van der Waals surface area contributed by atoms with Gasteiger partial charge in [-0.3, -0.25) is 10.1 Å². The Bertz CT molecular complexity index is 1770. The molecule has 0 unspecified atom stereocenters. The third-order valence-electron chi connectivity index (χ3n) is 7.06. The molecule has 0 spiro atoms. The van der Waals surface area contributed by atoms with E-state index in [0.717, 1.165) is 86.6 Å². The maximum atomic E-state index is 14.6. The van der Waals surface area contributed by atoms with E-state index in [0.29, 0.717) is 0 Å². The molecule has 0 aliphatic carbocycles. The van der Waals surface area contributed by atoms with E-state index in [-0.39, 0.29) is 5.82 Å². The van der Waals surface area contributed by atoms with Crippen LogP contribution in [0.4, 0.5) is 4.39 Å². The van der Waals surface area contributed by atoms with Gasteiger partial charge in [0.2, 0.25) is 0 Å². The summed E-state index contributed by atoms with van der Waals surface area (Å²) in [6.07, 6.45) is 7.17. The largest absolute Gasteiger partial charge is 0.338 e. The summed E-state index contributed by atoms with van der Waals surface area (Å²) in [4.78, 5) is 19.1. The molecule has 5 aromatic heterocycles. The van der Waals surface area contributed by atoms with Gasteiger partial charge in [-0.05, 0) is 87.4 Å². The second kappa shape index (κ2) is 9.50. The second-order valence-corrected chi connectivity index (χ2v) is 10.00. The minimum Gasteiger partial charge on any atom is -0.338 e. The molecule has 0 amide bonds. The van der Waals surface area contributed by atoms with E-state index >= 15 is 0 Å². The quantitative estimate of drug-likeness (QED) is 0.297. The first kappa shape index (κ1) is 24.0. The van der Waals surface area contributed by atoms with Crippen molar-refractivity contribution < 1.29 is 4.39 Å². The minimum atomic E-state index is -0.230. The fourth-order valence-electron chi connectivity index (χ4n) is 4.96. The van der Waals surface area contributed by atoms with E-state index < -0.39 is 0 Å². The number of H-pyrrole nitrogens is 2. The summed E-state index contributed by atoms with van der Waals surface area (Å²) in [7, 11) is 6.08. The van der Waals surface area contributed by atoms with Gasteiger partial charge in [0.25, 0.3) is 0 Å². The number of halogens is 1. The number of aromatic amines is 2. The highest BCUT2D eigenvalue weighted by Gasteiger charge is 2.17. The lowest BCUT2D eigenvalue weighted by Crippen LogP contribution is -2.13. The predicted molar refractivity (Wildman–Crippen MR) is 148 cm³/mol. The van der Waals surface area contributed by atoms with Gasteiger partial charge in [-0.2, -0.15) is 5.10 Å². The van der Waals surface area contributed by atoms with Gasteiger partial charge < -0.3 is 14.5 Å². The first-order valence-electron chi connectivity index (χ1n) is 12.6. The van der Waals surface area contributed by atoms with Crippen molar-refractivity contribution in [2.24, 2.45) is 7.05 Å². The third kappa shape index (κ3) is 4.35. The Morgan fingerprint density at radius 2 is 1.87 bits per heavy atom. The molecule has 0 fully saturated rings. The summed E-state index contributed by atoms with van der Waals surface area (Å²) in [6.45, 7) is 2.92. The first-order chi connectivity index (χ1) is 18.4. The monoisotopic (exact) mass is 508 g/mol. The lowest BCUT2D eigenvalue weighted by atomic mass is 9.99. The van der Waals surface area contributed by atoms with Crippen LogP contribution in [-0.4, -0.2) is 60.2 Å². The molecule has 8 nitrogen and oxygen atoms in total. The normalized spacial score (nSPS) is 11.8. The number of rotatable bonds is 7. The van der Waals surface area contributed by atoms with Crippen LogP contribution in [0.5, 0.6) is 0 Å². The van der Waals surface area contributed by atoms with Gasteiger partial charge in [-0.15, -0.1) is 0 Å². The molecule has 0 aliphatic heterocycles.